The van der Waals surface area contributed by atoms with E-state index in [9.17, 15) is 0 Å². The van der Waals surface area contributed by atoms with E-state index in [2.05, 4.69) is 29.5 Å². The number of nitrogens with one attached hydrogen (secondary N) is 1. The van der Waals surface area contributed by atoms with Gasteiger partial charge in [0.2, 0.25) is 0 Å². The quantitative estimate of drug-likeness (QED) is 0.889. The summed E-state index contributed by atoms with van der Waals surface area (Å²) >= 11 is 6.27. The Morgan fingerprint density at radius 1 is 1.25 bits per heavy atom. The third-order valence-corrected chi connectivity index (χ3v) is 3.73. The van der Waals surface area contributed by atoms with Crippen LogP contribution in [0.1, 0.15) is 23.9 Å². The molecule has 4 nitrogen and oxygen atoms in total. The minimum Gasteiger partial charge on any atom is -0.497 e. The monoisotopic (exact) mass is 293 g/mol. The lowest BCUT2D eigenvalue weighted by molar-refractivity contribution is 0.414. The average Bonchev–Trinajstić information content (AvgIpc) is 2.75. The van der Waals surface area contributed by atoms with Crippen LogP contribution in [0, 0.1) is 6.92 Å². The lowest BCUT2D eigenvalue weighted by Crippen LogP contribution is -2.16. The molecule has 0 amide bonds. The number of benzene rings is 1. The lowest BCUT2D eigenvalue weighted by Gasteiger charge is -2.08. The van der Waals surface area contributed by atoms with Crippen LogP contribution in [0.5, 0.6) is 5.75 Å². The molecule has 1 N–H and O–H groups in total. The van der Waals surface area contributed by atoms with Gasteiger partial charge >= 0.3 is 0 Å². The van der Waals surface area contributed by atoms with Crippen molar-refractivity contribution in [2.24, 2.45) is 0 Å². The fourth-order valence-electron chi connectivity index (χ4n) is 2.11. The summed E-state index contributed by atoms with van der Waals surface area (Å²) in [5.41, 5.74) is 3.14. The molecule has 5 heteroatoms. The molecule has 0 saturated heterocycles. The number of methoxy groups -OCH3 is 1. The van der Waals surface area contributed by atoms with Crippen LogP contribution >= 0.6 is 11.6 Å². The summed E-state index contributed by atoms with van der Waals surface area (Å²) in [5, 5.41) is 8.56. The van der Waals surface area contributed by atoms with Gasteiger partial charge in [0.15, 0.2) is 0 Å². The van der Waals surface area contributed by atoms with Crippen molar-refractivity contribution in [3.63, 3.8) is 0 Å². The van der Waals surface area contributed by atoms with Crippen molar-refractivity contribution in [3.8, 4) is 5.75 Å². The normalized spacial score (nSPS) is 10.8. The molecule has 0 aliphatic rings. The van der Waals surface area contributed by atoms with Crippen LogP contribution in [0.25, 0.3) is 0 Å². The Bertz CT molecular complexity index is 563. The Labute approximate surface area is 124 Å². The van der Waals surface area contributed by atoms with Crippen molar-refractivity contribution >= 4 is 11.6 Å². The first-order valence-electron chi connectivity index (χ1n) is 6.71. The van der Waals surface area contributed by atoms with Crippen LogP contribution in [-0.4, -0.2) is 16.9 Å². The minimum atomic E-state index is 0.708. The number of rotatable bonds is 6. The molecule has 0 aliphatic carbocycles. The van der Waals surface area contributed by atoms with Gasteiger partial charge in [0.25, 0.3) is 0 Å². The first-order chi connectivity index (χ1) is 9.65. The molecule has 1 aromatic heterocycles. The molecule has 0 unspecified atom stereocenters. The van der Waals surface area contributed by atoms with E-state index in [1.54, 1.807) is 7.11 Å². The number of ether oxygens (including phenoxy) is 1. The van der Waals surface area contributed by atoms with Crippen molar-refractivity contribution < 1.29 is 4.74 Å². The van der Waals surface area contributed by atoms with Crippen molar-refractivity contribution in [1.29, 1.82) is 0 Å². The fraction of sp³-hybridized carbons (Fsp3) is 0.400. The number of hydrogen-bond acceptors (Lipinski definition) is 3. The van der Waals surface area contributed by atoms with Crippen molar-refractivity contribution in [2.75, 3.05) is 7.11 Å². The molecule has 0 radical (unpaired) electrons. The fourth-order valence-corrected chi connectivity index (χ4v) is 2.31. The van der Waals surface area contributed by atoms with E-state index in [1.165, 1.54) is 5.56 Å². The second kappa shape index (κ2) is 6.77. The first kappa shape index (κ1) is 14.9. The van der Waals surface area contributed by atoms with Gasteiger partial charge in [0.05, 0.1) is 23.5 Å². The van der Waals surface area contributed by atoms with Gasteiger partial charge in [-0.25, -0.2) is 0 Å². The molecule has 20 heavy (non-hydrogen) atoms. The van der Waals surface area contributed by atoms with E-state index in [0.717, 1.165) is 35.2 Å². The van der Waals surface area contributed by atoms with Gasteiger partial charge in [-0.1, -0.05) is 23.7 Å². The summed E-state index contributed by atoms with van der Waals surface area (Å²) in [7, 11) is 1.67. The SMILES string of the molecule is CCn1nc(C)c(Cl)c1CNCc1ccc(OC)cc1. The van der Waals surface area contributed by atoms with Gasteiger partial charge in [-0.2, -0.15) is 5.10 Å². The van der Waals surface area contributed by atoms with Gasteiger partial charge in [0.1, 0.15) is 5.75 Å². The van der Waals surface area contributed by atoms with Gasteiger partial charge in [-0.15, -0.1) is 0 Å². The second-order valence-corrected chi connectivity index (χ2v) is 4.99. The number of nitrogens with zero attached hydrogens (tertiary/aromatic N) is 2. The molecule has 108 valence electrons. The van der Waals surface area contributed by atoms with Gasteiger partial charge in [-0.05, 0) is 31.5 Å². The highest BCUT2D eigenvalue weighted by molar-refractivity contribution is 6.31. The van der Waals surface area contributed by atoms with Crippen LogP contribution < -0.4 is 10.1 Å². The van der Waals surface area contributed by atoms with Gasteiger partial charge in [0, 0.05) is 19.6 Å². The molecule has 0 fully saturated rings. The molecular weight excluding hydrogens is 274 g/mol. The van der Waals surface area contributed by atoms with E-state index >= 15 is 0 Å². The predicted molar refractivity (Wildman–Crippen MR) is 81.2 cm³/mol. The number of hydrogen-bond donors (Lipinski definition) is 1. The summed E-state index contributed by atoms with van der Waals surface area (Å²) in [4.78, 5) is 0. The maximum atomic E-state index is 6.27. The van der Waals surface area contributed by atoms with E-state index in [-0.39, 0.29) is 0 Å². The highest BCUT2D eigenvalue weighted by Gasteiger charge is 2.11. The van der Waals surface area contributed by atoms with Crippen LogP contribution in [0.4, 0.5) is 0 Å². The third-order valence-electron chi connectivity index (χ3n) is 3.23. The highest BCUT2D eigenvalue weighted by atomic mass is 35.5. The Morgan fingerprint density at radius 3 is 2.55 bits per heavy atom. The van der Waals surface area contributed by atoms with Crippen LogP contribution in [0.3, 0.4) is 0 Å². The zero-order valence-corrected chi connectivity index (χ0v) is 12.9. The maximum Gasteiger partial charge on any atom is 0.118 e. The molecule has 0 atom stereocenters. The van der Waals surface area contributed by atoms with E-state index in [4.69, 9.17) is 16.3 Å². The van der Waals surface area contributed by atoms with Crippen molar-refractivity contribution in [2.45, 2.75) is 33.5 Å². The zero-order valence-electron chi connectivity index (χ0n) is 12.1. The van der Waals surface area contributed by atoms with Crippen molar-refractivity contribution in [1.82, 2.24) is 15.1 Å². The molecule has 1 aromatic carbocycles. The van der Waals surface area contributed by atoms with E-state index in [0.29, 0.717) is 6.54 Å². The summed E-state index contributed by atoms with van der Waals surface area (Å²) in [6.07, 6.45) is 0. The van der Waals surface area contributed by atoms with Crippen LogP contribution in [0.15, 0.2) is 24.3 Å². The maximum absolute atomic E-state index is 6.27. The summed E-state index contributed by atoms with van der Waals surface area (Å²) in [5.74, 6) is 0.872. The molecule has 0 saturated carbocycles. The molecule has 2 aromatic rings. The number of halogens is 1. The van der Waals surface area contributed by atoms with E-state index < -0.39 is 0 Å². The number of aryl methyl sites for hydroxylation is 2. The van der Waals surface area contributed by atoms with Crippen LogP contribution in [-0.2, 0) is 19.6 Å². The standard InChI is InChI=1S/C15H20ClN3O/c1-4-19-14(15(16)11(2)18-19)10-17-9-12-5-7-13(20-3)8-6-12/h5-8,17H,4,9-10H2,1-3H3. The average molecular weight is 294 g/mol. The molecule has 2 rings (SSSR count). The molecule has 0 bridgehead atoms. The number of aromatic nitrogens is 2. The first-order valence-corrected chi connectivity index (χ1v) is 7.09. The minimum absolute atomic E-state index is 0.708. The Kier molecular flexibility index (Phi) is 5.04. The summed E-state index contributed by atoms with van der Waals surface area (Å²) in [6.45, 7) is 6.32. The summed E-state index contributed by atoms with van der Waals surface area (Å²) < 4.78 is 7.09. The molecule has 0 aliphatic heterocycles. The molecule has 1 heterocycles. The van der Waals surface area contributed by atoms with Gasteiger partial charge < -0.3 is 10.1 Å². The smallest absolute Gasteiger partial charge is 0.118 e. The Morgan fingerprint density at radius 2 is 1.95 bits per heavy atom. The third kappa shape index (κ3) is 3.32. The zero-order chi connectivity index (χ0) is 14.5. The van der Waals surface area contributed by atoms with E-state index in [1.807, 2.05) is 23.7 Å². The van der Waals surface area contributed by atoms with Gasteiger partial charge in [-0.3, -0.25) is 4.68 Å². The van der Waals surface area contributed by atoms with Crippen molar-refractivity contribution in [3.05, 3.63) is 46.2 Å². The largest absolute Gasteiger partial charge is 0.497 e. The lowest BCUT2D eigenvalue weighted by atomic mass is 10.2. The second-order valence-electron chi connectivity index (χ2n) is 4.61. The summed E-state index contributed by atoms with van der Waals surface area (Å²) in [6, 6.07) is 8.03. The molecule has 0 spiro atoms. The Hall–Kier alpha value is -1.52. The molecular formula is C15H20ClN3O. The topological polar surface area (TPSA) is 39.1 Å². The van der Waals surface area contributed by atoms with Crippen LogP contribution in [0.2, 0.25) is 5.02 Å². The highest BCUT2D eigenvalue weighted by Crippen LogP contribution is 2.20. The Balaban J connectivity index is 1.95. The predicted octanol–water partition coefficient (Wildman–Crippen LogP) is 3.16.